The number of halogens is 1. The Hall–Kier alpha value is -1.46. The van der Waals surface area contributed by atoms with Crippen molar-refractivity contribution < 1.29 is 9.18 Å². The number of likely N-dealkylation sites (N-methyl/N-ethyl adjacent to an activating group) is 1. The zero-order valence-electron chi connectivity index (χ0n) is 15.2. The number of rotatable bonds is 5. The maximum atomic E-state index is 13.0. The van der Waals surface area contributed by atoms with Gasteiger partial charge in [0.05, 0.1) is 6.54 Å². The van der Waals surface area contributed by atoms with E-state index in [1.165, 1.54) is 12.1 Å². The first kappa shape index (κ1) is 18.3. The fourth-order valence-electron chi connectivity index (χ4n) is 4.10. The zero-order valence-corrected chi connectivity index (χ0v) is 15.2. The SMILES string of the molecule is CN(CC(=O)N1CCC[C@H](Cc2ccc(F)cc2)C1)C1CCNCC1. The smallest absolute Gasteiger partial charge is 0.236 e. The lowest BCUT2D eigenvalue weighted by Crippen LogP contribution is -2.48. The second-order valence-corrected chi connectivity index (χ2v) is 7.57. The van der Waals surface area contributed by atoms with Crippen LogP contribution in [0.25, 0.3) is 0 Å². The molecule has 2 saturated heterocycles. The average Bonchev–Trinajstić information content (AvgIpc) is 2.64. The molecular weight excluding hydrogens is 317 g/mol. The van der Waals surface area contributed by atoms with Crippen molar-refractivity contribution in [2.75, 3.05) is 39.8 Å². The normalized spacial score (nSPS) is 22.4. The van der Waals surface area contributed by atoms with Crippen LogP contribution in [0.1, 0.15) is 31.2 Å². The molecule has 138 valence electrons. The lowest BCUT2D eigenvalue weighted by molar-refractivity contribution is -0.134. The molecule has 1 amide bonds. The summed E-state index contributed by atoms with van der Waals surface area (Å²) in [6, 6.07) is 7.29. The van der Waals surface area contributed by atoms with Gasteiger partial charge in [-0.15, -0.1) is 0 Å². The zero-order chi connectivity index (χ0) is 17.6. The molecule has 0 aromatic heterocycles. The van der Waals surface area contributed by atoms with E-state index in [2.05, 4.69) is 17.3 Å². The summed E-state index contributed by atoms with van der Waals surface area (Å²) >= 11 is 0. The number of benzene rings is 1. The fourth-order valence-corrected chi connectivity index (χ4v) is 4.10. The van der Waals surface area contributed by atoms with Gasteiger partial charge in [-0.05, 0) is 75.9 Å². The molecule has 2 aliphatic rings. The molecule has 0 bridgehead atoms. The Morgan fingerprint density at radius 2 is 1.96 bits per heavy atom. The highest BCUT2D eigenvalue weighted by molar-refractivity contribution is 5.78. The number of nitrogens with one attached hydrogen (secondary N) is 1. The van der Waals surface area contributed by atoms with Gasteiger partial charge in [-0.25, -0.2) is 4.39 Å². The number of carbonyl (C=O) groups excluding carboxylic acids is 1. The Kier molecular flexibility index (Phi) is 6.43. The third-order valence-electron chi connectivity index (χ3n) is 5.63. The van der Waals surface area contributed by atoms with Gasteiger partial charge in [0.15, 0.2) is 0 Å². The summed E-state index contributed by atoms with van der Waals surface area (Å²) in [6.07, 6.45) is 5.38. The van der Waals surface area contributed by atoms with Crippen LogP contribution in [0.3, 0.4) is 0 Å². The molecular formula is C20H30FN3O. The Morgan fingerprint density at radius 1 is 1.24 bits per heavy atom. The van der Waals surface area contributed by atoms with Gasteiger partial charge in [-0.1, -0.05) is 12.1 Å². The first-order valence-corrected chi connectivity index (χ1v) is 9.55. The van der Waals surface area contributed by atoms with E-state index in [-0.39, 0.29) is 11.7 Å². The van der Waals surface area contributed by atoms with Gasteiger partial charge in [0.2, 0.25) is 5.91 Å². The van der Waals surface area contributed by atoms with E-state index in [1.54, 1.807) is 0 Å². The van der Waals surface area contributed by atoms with Crippen LogP contribution in [0.2, 0.25) is 0 Å². The van der Waals surface area contributed by atoms with Gasteiger partial charge in [0.1, 0.15) is 5.82 Å². The number of hydrogen-bond acceptors (Lipinski definition) is 3. The Balaban J connectivity index is 1.49. The molecule has 1 N–H and O–H groups in total. The van der Waals surface area contributed by atoms with E-state index >= 15 is 0 Å². The molecule has 1 aromatic rings. The van der Waals surface area contributed by atoms with Crippen molar-refractivity contribution in [2.24, 2.45) is 5.92 Å². The van der Waals surface area contributed by atoms with Gasteiger partial charge in [0.25, 0.3) is 0 Å². The monoisotopic (exact) mass is 347 g/mol. The second-order valence-electron chi connectivity index (χ2n) is 7.57. The molecule has 2 fully saturated rings. The first-order valence-electron chi connectivity index (χ1n) is 9.55. The van der Waals surface area contributed by atoms with Crippen LogP contribution in [0.4, 0.5) is 4.39 Å². The van der Waals surface area contributed by atoms with Gasteiger partial charge in [-0.3, -0.25) is 9.69 Å². The average molecular weight is 347 g/mol. The molecule has 1 atom stereocenters. The van der Waals surface area contributed by atoms with E-state index in [4.69, 9.17) is 0 Å². The van der Waals surface area contributed by atoms with Crippen LogP contribution < -0.4 is 5.32 Å². The van der Waals surface area contributed by atoms with Crippen molar-refractivity contribution >= 4 is 5.91 Å². The standard InChI is InChI=1S/C20H30FN3O/c1-23(19-8-10-22-11-9-19)15-20(25)24-12-2-3-17(14-24)13-16-4-6-18(21)7-5-16/h4-7,17,19,22H,2-3,8-15H2,1H3/t17-/m1/s1. The molecule has 5 heteroatoms. The maximum absolute atomic E-state index is 13.0. The van der Waals surface area contributed by atoms with Crippen molar-refractivity contribution in [1.82, 2.24) is 15.1 Å². The highest BCUT2D eigenvalue weighted by Gasteiger charge is 2.26. The quantitative estimate of drug-likeness (QED) is 0.888. The van der Waals surface area contributed by atoms with Gasteiger partial charge >= 0.3 is 0 Å². The lowest BCUT2D eigenvalue weighted by atomic mass is 9.91. The van der Waals surface area contributed by atoms with Crippen LogP contribution in [-0.2, 0) is 11.2 Å². The number of amides is 1. The number of likely N-dealkylation sites (tertiary alicyclic amines) is 1. The number of nitrogens with zero attached hydrogens (tertiary/aromatic N) is 2. The first-order chi connectivity index (χ1) is 12.1. The predicted molar refractivity (Wildman–Crippen MR) is 97.9 cm³/mol. The molecule has 0 unspecified atom stereocenters. The highest BCUT2D eigenvalue weighted by atomic mass is 19.1. The minimum atomic E-state index is -0.190. The molecule has 25 heavy (non-hydrogen) atoms. The van der Waals surface area contributed by atoms with E-state index < -0.39 is 0 Å². The molecule has 0 aliphatic carbocycles. The minimum Gasteiger partial charge on any atom is -0.341 e. The number of hydrogen-bond donors (Lipinski definition) is 1. The Morgan fingerprint density at radius 3 is 2.68 bits per heavy atom. The van der Waals surface area contributed by atoms with Crippen molar-refractivity contribution in [3.63, 3.8) is 0 Å². The summed E-state index contributed by atoms with van der Waals surface area (Å²) < 4.78 is 13.0. The molecule has 4 nitrogen and oxygen atoms in total. The summed E-state index contributed by atoms with van der Waals surface area (Å²) in [6.45, 7) is 4.32. The minimum absolute atomic E-state index is 0.190. The lowest BCUT2D eigenvalue weighted by Gasteiger charge is -2.36. The van der Waals surface area contributed by atoms with Crippen molar-refractivity contribution in [3.8, 4) is 0 Å². The predicted octanol–water partition coefficient (Wildman–Crippen LogP) is 2.29. The van der Waals surface area contributed by atoms with Crippen LogP contribution in [-0.4, -0.2) is 61.5 Å². The summed E-state index contributed by atoms with van der Waals surface area (Å²) in [5, 5.41) is 3.37. The maximum Gasteiger partial charge on any atom is 0.236 e. The topological polar surface area (TPSA) is 35.6 Å². The molecule has 3 rings (SSSR count). The fraction of sp³-hybridized carbons (Fsp3) is 0.650. The van der Waals surface area contributed by atoms with Gasteiger partial charge in [0, 0.05) is 19.1 Å². The highest BCUT2D eigenvalue weighted by Crippen LogP contribution is 2.21. The van der Waals surface area contributed by atoms with Crippen LogP contribution in [0.15, 0.2) is 24.3 Å². The Bertz CT molecular complexity index is 557. The van der Waals surface area contributed by atoms with Crippen molar-refractivity contribution in [2.45, 2.75) is 38.1 Å². The van der Waals surface area contributed by atoms with Crippen LogP contribution in [0, 0.1) is 11.7 Å². The van der Waals surface area contributed by atoms with Crippen LogP contribution >= 0.6 is 0 Å². The number of piperidine rings is 2. The summed E-state index contributed by atoms with van der Waals surface area (Å²) in [5.74, 6) is 0.544. The van der Waals surface area contributed by atoms with Crippen molar-refractivity contribution in [3.05, 3.63) is 35.6 Å². The van der Waals surface area contributed by atoms with E-state index in [0.29, 0.717) is 18.5 Å². The Labute approximate surface area is 150 Å². The van der Waals surface area contributed by atoms with Gasteiger partial charge in [-0.2, -0.15) is 0 Å². The third-order valence-corrected chi connectivity index (χ3v) is 5.63. The summed E-state index contributed by atoms with van der Waals surface area (Å²) in [7, 11) is 2.08. The van der Waals surface area contributed by atoms with E-state index in [9.17, 15) is 9.18 Å². The van der Waals surface area contributed by atoms with Crippen molar-refractivity contribution in [1.29, 1.82) is 0 Å². The summed E-state index contributed by atoms with van der Waals surface area (Å²) in [5.41, 5.74) is 1.16. The second kappa shape index (κ2) is 8.77. The van der Waals surface area contributed by atoms with E-state index in [1.807, 2.05) is 17.0 Å². The number of carbonyl (C=O) groups is 1. The molecule has 0 spiro atoms. The summed E-state index contributed by atoms with van der Waals surface area (Å²) in [4.78, 5) is 17.0. The molecule has 2 aliphatic heterocycles. The van der Waals surface area contributed by atoms with Crippen LogP contribution in [0.5, 0.6) is 0 Å². The van der Waals surface area contributed by atoms with Gasteiger partial charge < -0.3 is 10.2 Å². The largest absolute Gasteiger partial charge is 0.341 e. The molecule has 0 radical (unpaired) electrons. The van der Waals surface area contributed by atoms with E-state index in [0.717, 1.165) is 63.8 Å². The molecule has 0 saturated carbocycles. The molecule has 1 aromatic carbocycles. The third kappa shape index (κ3) is 5.25. The molecule has 2 heterocycles.